The van der Waals surface area contributed by atoms with Crippen LogP contribution >= 0.6 is 11.3 Å². The highest BCUT2D eigenvalue weighted by Crippen LogP contribution is 2.32. The van der Waals surface area contributed by atoms with E-state index in [9.17, 15) is 9.18 Å². The number of halogens is 1. The summed E-state index contributed by atoms with van der Waals surface area (Å²) in [6.07, 6.45) is 0. The molecule has 2 aromatic heterocycles. The van der Waals surface area contributed by atoms with Crippen molar-refractivity contribution in [1.82, 2.24) is 15.5 Å². The van der Waals surface area contributed by atoms with Crippen molar-refractivity contribution in [2.24, 2.45) is 0 Å². The van der Waals surface area contributed by atoms with E-state index in [-0.39, 0.29) is 18.2 Å². The van der Waals surface area contributed by atoms with E-state index in [2.05, 4.69) is 15.5 Å². The van der Waals surface area contributed by atoms with Crippen LogP contribution in [-0.4, -0.2) is 23.2 Å². The molecule has 0 saturated carbocycles. The van der Waals surface area contributed by atoms with E-state index in [1.165, 1.54) is 24.5 Å². The first-order valence-corrected chi connectivity index (χ1v) is 8.57. The number of carbonyl (C=O) groups excluding carboxylic acids is 1. The van der Waals surface area contributed by atoms with Crippen LogP contribution in [0.15, 0.2) is 18.2 Å². The van der Waals surface area contributed by atoms with Crippen LogP contribution in [0.3, 0.4) is 0 Å². The van der Waals surface area contributed by atoms with Gasteiger partial charge in [-0.2, -0.15) is 5.10 Å². The Morgan fingerprint density at radius 3 is 2.68 bits per heavy atom. The van der Waals surface area contributed by atoms with Crippen molar-refractivity contribution in [2.45, 2.75) is 27.3 Å². The molecule has 1 aromatic carbocycles. The lowest BCUT2D eigenvalue weighted by atomic mass is 10.1. The summed E-state index contributed by atoms with van der Waals surface area (Å²) in [6, 6.07) is 4.62. The van der Waals surface area contributed by atoms with Gasteiger partial charge in [0, 0.05) is 11.9 Å². The number of nitrogens with zero attached hydrogens (tertiary/aromatic N) is 2. The average molecular weight is 359 g/mol. The minimum absolute atomic E-state index is 0.180. The molecule has 0 saturated heterocycles. The zero-order valence-electron chi connectivity index (χ0n) is 14.4. The Morgan fingerprint density at radius 2 is 2.00 bits per heavy atom. The molecular formula is C18H18FN3O2S. The first kappa shape index (κ1) is 17.3. The van der Waals surface area contributed by atoms with E-state index < -0.39 is 5.82 Å². The Bertz CT molecular complexity index is 969. The summed E-state index contributed by atoms with van der Waals surface area (Å²) in [5.74, 6) is -0.470. The van der Waals surface area contributed by atoms with Crippen LogP contribution < -0.4 is 10.1 Å². The lowest BCUT2D eigenvalue weighted by Gasteiger charge is -2.07. The summed E-state index contributed by atoms with van der Waals surface area (Å²) in [5, 5.41) is 12.1. The molecule has 0 bridgehead atoms. The monoisotopic (exact) mass is 359 g/mol. The number of carbonyl (C=O) groups is 1. The van der Waals surface area contributed by atoms with Crippen LogP contribution in [0.2, 0.25) is 0 Å². The van der Waals surface area contributed by atoms with Crippen molar-refractivity contribution in [3.8, 4) is 5.75 Å². The number of aryl methyl sites for hydroxylation is 3. The number of nitrogens with one attached hydrogen (secondary N) is 1. The molecule has 3 rings (SSSR count). The molecule has 1 N–H and O–H groups in total. The van der Waals surface area contributed by atoms with Gasteiger partial charge in [-0.15, -0.1) is 16.4 Å². The number of fused-ring (bicyclic) bond motifs is 1. The fourth-order valence-electron chi connectivity index (χ4n) is 2.69. The maximum Gasteiger partial charge on any atom is 0.261 e. The minimum Gasteiger partial charge on any atom is -0.494 e. The van der Waals surface area contributed by atoms with Gasteiger partial charge in [0.15, 0.2) is 11.6 Å². The predicted molar refractivity (Wildman–Crippen MR) is 95.7 cm³/mol. The fraction of sp³-hybridized carbons (Fsp3) is 0.278. The second-order valence-corrected chi connectivity index (χ2v) is 6.80. The maximum absolute atomic E-state index is 13.7. The fourth-order valence-corrected chi connectivity index (χ4v) is 3.79. The van der Waals surface area contributed by atoms with Crippen molar-refractivity contribution < 1.29 is 13.9 Å². The quantitative estimate of drug-likeness (QED) is 0.772. The lowest BCUT2D eigenvalue weighted by Crippen LogP contribution is -2.22. The SMILES string of the molecule is COc1ccc(CNC(=O)c2sc3nnc(C)c(C)c3c2C)cc1F. The molecule has 130 valence electrons. The number of benzene rings is 1. The molecule has 25 heavy (non-hydrogen) atoms. The first-order chi connectivity index (χ1) is 11.9. The van der Waals surface area contributed by atoms with E-state index in [1.54, 1.807) is 12.1 Å². The van der Waals surface area contributed by atoms with Crippen molar-refractivity contribution in [3.63, 3.8) is 0 Å². The van der Waals surface area contributed by atoms with Crippen LogP contribution in [0.25, 0.3) is 10.2 Å². The van der Waals surface area contributed by atoms with Gasteiger partial charge in [-0.1, -0.05) is 6.07 Å². The lowest BCUT2D eigenvalue weighted by molar-refractivity contribution is 0.0954. The number of amides is 1. The van der Waals surface area contributed by atoms with Crippen LogP contribution in [0.4, 0.5) is 4.39 Å². The van der Waals surface area contributed by atoms with E-state index in [4.69, 9.17) is 4.74 Å². The van der Waals surface area contributed by atoms with E-state index >= 15 is 0 Å². The van der Waals surface area contributed by atoms with Crippen LogP contribution in [-0.2, 0) is 6.54 Å². The van der Waals surface area contributed by atoms with Gasteiger partial charge in [-0.05, 0) is 49.6 Å². The summed E-state index contributed by atoms with van der Waals surface area (Å²) >= 11 is 1.32. The standard InChI is InChI=1S/C18H18FN3O2S/c1-9-11(3)21-22-18-15(9)10(2)16(25-18)17(23)20-8-12-5-6-14(24-4)13(19)7-12/h5-7H,8H2,1-4H3,(H,20,23). The van der Waals surface area contributed by atoms with E-state index in [1.807, 2.05) is 20.8 Å². The largest absolute Gasteiger partial charge is 0.494 e. The molecule has 0 aliphatic rings. The van der Waals surface area contributed by atoms with Gasteiger partial charge in [0.2, 0.25) is 0 Å². The number of aromatic nitrogens is 2. The molecular weight excluding hydrogens is 341 g/mol. The Morgan fingerprint density at radius 1 is 1.24 bits per heavy atom. The summed E-state index contributed by atoms with van der Waals surface area (Å²) in [6.45, 7) is 6.02. The van der Waals surface area contributed by atoms with Gasteiger partial charge in [0.25, 0.3) is 5.91 Å². The summed E-state index contributed by atoms with van der Waals surface area (Å²) in [7, 11) is 1.41. The van der Waals surface area contributed by atoms with E-state index in [0.717, 1.165) is 27.0 Å². The van der Waals surface area contributed by atoms with Gasteiger partial charge in [0.05, 0.1) is 17.7 Å². The molecule has 5 nitrogen and oxygen atoms in total. The zero-order valence-corrected chi connectivity index (χ0v) is 15.3. The first-order valence-electron chi connectivity index (χ1n) is 7.76. The van der Waals surface area contributed by atoms with Gasteiger partial charge in [0.1, 0.15) is 4.83 Å². The van der Waals surface area contributed by atoms with Crippen molar-refractivity contribution in [3.05, 3.63) is 51.3 Å². The Hall–Kier alpha value is -2.54. The Kier molecular flexibility index (Phi) is 4.67. The zero-order chi connectivity index (χ0) is 18.1. The van der Waals surface area contributed by atoms with Gasteiger partial charge >= 0.3 is 0 Å². The average Bonchev–Trinajstić information content (AvgIpc) is 2.93. The third-order valence-corrected chi connectivity index (χ3v) is 5.39. The van der Waals surface area contributed by atoms with Crippen molar-refractivity contribution in [1.29, 1.82) is 0 Å². The highest BCUT2D eigenvalue weighted by Gasteiger charge is 2.19. The normalized spacial score (nSPS) is 10.9. The van der Waals surface area contributed by atoms with Gasteiger partial charge < -0.3 is 10.1 Å². The summed E-state index contributed by atoms with van der Waals surface area (Å²) < 4.78 is 18.6. The smallest absolute Gasteiger partial charge is 0.261 e. The molecule has 0 unspecified atom stereocenters. The molecule has 1 amide bonds. The number of rotatable bonds is 4. The Balaban J connectivity index is 1.82. The van der Waals surface area contributed by atoms with E-state index in [0.29, 0.717) is 10.4 Å². The van der Waals surface area contributed by atoms with Crippen LogP contribution in [0.1, 0.15) is 32.1 Å². The molecule has 3 aromatic rings. The molecule has 0 aliphatic heterocycles. The van der Waals surface area contributed by atoms with Crippen LogP contribution in [0, 0.1) is 26.6 Å². The topological polar surface area (TPSA) is 64.1 Å². The minimum atomic E-state index is -0.450. The molecule has 0 spiro atoms. The molecule has 0 atom stereocenters. The van der Waals surface area contributed by atoms with Gasteiger partial charge in [-0.25, -0.2) is 4.39 Å². The maximum atomic E-state index is 13.7. The number of methoxy groups -OCH3 is 1. The van der Waals surface area contributed by atoms with Gasteiger partial charge in [-0.3, -0.25) is 4.79 Å². The number of hydrogen-bond donors (Lipinski definition) is 1. The summed E-state index contributed by atoms with van der Waals surface area (Å²) in [4.78, 5) is 13.9. The summed E-state index contributed by atoms with van der Waals surface area (Å²) in [5.41, 5.74) is 3.45. The molecule has 2 heterocycles. The van der Waals surface area contributed by atoms with Crippen molar-refractivity contribution in [2.75, 3.05) is 7.11 Å². The number of thiophene rings is 1. The number of ether oxygens (including phenoxy) is 1. The highest BCUT2D eigenvalue weighted by molar-refractivity contribution is 7.20. The molecule has 0 radical (unpaired) electrons. The number of hydrogen-bond acceptors (Lipinski definition) is 5. The van der Waals surface area contributed by atoms with Crippen LogP contribution in [0.5, 0.6) is 5.75 Å². The highest BCUT2D eigenvalue weighted by atomic mass is 32.1. The second kappa shape index (κ2) is 6.76. The molecule has 7 heteroatoms. The second-order valence-electron chi connectivity index (χ2n) is 5.80. The third-order valence-electron chi connectivity index (χ3n) is 4.21. The Labute approximate surface area is 148 Å². The molecule has 0 aliphatic carbocycles. The predicted octanol–water partition coefficient (Wildman–Crippen LogP) is 3.69. The van der Waals surface area contributed by atoms with Crippen molar-refractivity contribution >= 4 is 27.5 Å². The molecule has 0 fully saturated rings. The third kappa shape index (κ3) is 3.19.